The molecule has 6 heteroatoms. The molecule has 0 aliphatic rings. The van der Waals surface area contributed by atoms with E-state index in [2.05, 4.69) is 5.32 Å². The highest BCUT2D eigenvalue weighted by Gasteiger charge is 2.16. The van der Waals surface area contributed by atoms with Crippen molar-refractivity contribution >= 4 is 29.3 Å². The molecule has 1 aromatic carbocycles. The van der Waals surface area contributed by atoms with Crippen LogP contribution in [0.3, 0.4) is 0 Å². The predicted octanol–water partition coefficient (Wildman–Crippen LogP) is 3.30. The van der Waals surface area contributed by atoms with Crippen LogP contribution in [-0.4, -0.2) is 35.1 Å². The van der Waals surface area contributed by atoms with Crippen molar-refractivity contribution in [3.05, 3.63) is 28.8 Å². The molecular weight excluding hydrogens is 268 g/mol. The number of carbonyl (C=O) groups excluding carboxylic acids is 1. The summed E-state index contributed by atoms with van der Waals surface area (Å²) in [6.45, 7) is 5.03. The van der Waals surface area contributed by atoms with Crippen LogP contribution in [0.1, 0.15) is 30.6 Å². The summed E-state index contributed by atoms with van der Waals surface area (Å²) in [4.78, 5) is 24.7. The number of hydrogen-bond acceptors (Lipinski definition) is 2. The molecule has 0 bridgehead atoms. The van der Waals surface area contributed by atoms with Crippen LogP contribution in [-0.2, 0) is 0 Å². The quantitative estimate of drug-likeness (QED) is 0.871. The molecule has 0 heterocycles. The maximum atomic E-state index is 12.0. The van der Waals surface area contributed by atoms with Gasteiger partial charge in [-0.1, -0.05) is 18.5 Å². The lowest BCUT2D eigenvalue weighted by Gasteiger charge is -2.21. The average Bonchev–Trinajstić information content (AvgIpc) is 2.37. The molecule has 0 saturated heterocycles. The van der Waals surface area contributed by atoms with Crippen molar-refractivity contribution in [1.82, 2.24) is 4.90 Å². The van der Waals surface area contributed by atoms with Gasteiger partial charge in [0.05, 0.1) is 11.3 Å². The maximum absolute atomic E-state index is 12.0. The van der Waals surface area contributed by atoms with Crippen LogP contribution in [0, 0.1) is 0 Å². The smallest absolute Gasteiger partial charge is 0.337 e. The van der Waals surface area contributed by atoms with Crippen LogP contribution < -0.4 is 5.32 Å². The topological polar surface area (TPSA) is 69.6 Å². The Kier molecular flexibility index (Phi) is 5.63. The first-order chi connectivity index (χ1) is 8.99. The van der Waals surface area contributed by atoms with Crippen LogP contribution in [0.25, 0.3) is 0 Å². The van der Waals surface area contributed by atoms with Crippen molar-refractivity contribution in [3.8, 4) is 0 Å². The first-order valence-electron chi connectivity index (χ1n) is 6.08. The second-order valence-electron chi connectivity index (χ2n) is 4.00. The van der Waals surface area contributed by atoms with E-state index in [0.29, 0.717) is 18.1 Å². The van der Waals surface area contributed by atoms with Gasteiger partial charge in [-0.2, -0.15) is 0 Å². The van der Waals surface area contributed by atoms with Crippen LogP contribution >= 0.6 is 11.6 Å². The molecule has 0 saturated carbocycles. The van der Waals surface area contributed by atoms with E-state index in [1.807, 2.05) is 13.8 Å². The number of nitrogens with zero attached hydrogens (tertiary/aromatic N) is 1. The Hall–Kier alpha value is -1.75. The molecular formula is C13H17ClN2O3. The predicted molar refractivity (Wildman–Crippen MR) is 75.0 cm³/mol. The molecule has 1 rings (SSSR count). The molecule has 104 valence electrons. The van der Waals surface area contributed by atoms with Gasteiger partial charge in [0, 0.05) is 18.1 Å². The van der Waals surface area contributed by atoms with Gasteiger partial charge in [-0.3, -0.25) is 0 Å². The van der Waals surface area contributed by atoms with E-state index in [1.165, 1.54) is 12.1 Å². The van der Waals surface area contributed by atoms with E-state index in [-0.39, 0.29) is 17.3 Å². The first kappa shape index (κ1) is 15.3. The summed E-state index contributed by atoms with van der Waals surface area (Å²) >= 11 is 5.75. The number of amides is 2. The molecule has 19 heavy (non-hydrogen) atoms. The zero-order chi connectivity index (χ0) is 14.4. The molecule has 5 nitrogen and oxygen atoms in total. The second-order valence-corrected chi connectivity index (χ2v) is 4.44. The third-order valence-corrected chi connectivity index (χ3v) is 2.85. The Morgan fingerprint density at radius 1 is 1.37 bits per heavy atom. The summed E-state index contributed by atoms with van der Waals surface area (Å²) in [6.07, 6.45) is 0.841. The normalized spacial score (nSPS) is 10.1. The summed E-state index contributed by atoms with van der Waals surface area (Å²) in [5, 5.41) is 12.0. The van der Waals surface area contributed by atoms with Gasteiger partial charge in [0.25, 0.3) is 0 Å². The van der Waals surface area contributed by atoms with Crippen molar-refractivity contribution in [2.45, 2.75) is 20.3 Å². The third-order valence-electron chi connectivity index (χ3n) is 2.62. The van der Waals surface area contributed by atoms with Crippen LogP contribution in [0.5, 0.6) is 0 Å². The average molecular weight is 285 g/mol. The fraction of sp³-hybridized carbons (Fsp3) is 0.385. The third kappa shape index (κ3) is 4.13. The van der Waals surface area contributed by atoms with Crippen LogP contribution in [0.2, 0.25) is 5.02 Å². The Labute approximate surface area is 117 Å². The Morgan fingerprint density at radius 2 is 2.05 bits per heavy atom. The van der Waals surface area contributed by atoms with E-state index >= 15 is 0 Å². The number of rotatable bonds is 5. The molecule has 0 unspecified atom stereocenters. The zero-order valence-electron chi connectivity index (χ0n) is 10.9. The first-order valence-corrected chi connectivity index (χ1v) is 6.46. The zero-order valence-corrected chi connectivity index (χ0v) is 11.7. The molecule has 0 aromatic heterocycles. The number of nitrogens with one attached hydrogen (secondary N) is 1. The minimum Gasteiger partial charge on any atom is -0.478 e. The van der Waals surface area contributed by atoms with E-state index in [0.717, 1.165) is 6.42 Å². The Morgan fingerprint density at radius 3 is 2.58 bits per heavy atom. The van der Waals surface area contributed by atoms with Crippen LogP contribution in [0.15, 0.2) is 18.2 Å². The van der Waals surface area contributed by atoms with E-state index in [1.54, 1.807) is 11.0 Å². The largest absolute Gasteiger partial charge is 0.478 e. The summed E-state index contributed by atoms with van der Waals surface area (Å²) in [5.74, 6) is -1.13. The fourth-order valence-electron chi connectivity index (χ4n) is 1.67. The van der Waals surface area contributed by atoms with Crippen molar-refractivity contribution in [1.29, 1.82) is 0 Å². The van der Waals surface area contributed by atoms with Gasteiger partial charge in [-0.25, -0.2) is 9.59 Å². The number of aromatic carboxylic acids is 1. The molecule has 1 aromatic rings. The highest BCUT2D eigenvalue weighted by atomic mass is 35.5. The van der Waals surface area contributed by atoms with Crippen LogP contribution in [0.4, 0.5) is 10.5 Å². The molecule has 0 aliphatic heterocycles. The number of carboxylic acid groups (broad SMARTS) is 1. The number of halogens is 1. The summed E-state index contributed by atoms with van der Waals surface area (Å²) < 4.78 is 0. The van der Waals surface area contributed by atoms with E-state index in [4.69, 9.17) is 16.7 Å². The number of benzene rings is 1. The van der Waals surface area contributed by atoms with Gasteiger partial charge in [-0.15, -0.1) is 0 Å². The molecule has 0 fully saturated rings. The van der Waals surface area contributed by atoms with Gasteiger partial charge in [0.1, 0.15) is 0 Å². The number of anilines is 1. The molecule has 0 atom stereocenters. The molecule has 2 N–H and O–H groups in total. The van der Waals surface area contributed by atoms with Gasteiger partial charge >= 0.3 is 12.0 Å². The minimum atomic E-state index is -1.13. The molecule has 0 spiro atoms. The summed E-state index contributed by atoms with van der Waals surface area (Å²) in [7, 11) is 0. The maximum Gasteiger partial charge on any atom is 0.337 e. The van der Waals surface area contributed by atoms with Crippen molar-refractivity contribution in [3.63, 3.8) is 0 Å². The highest BCUT2D eigenvalue weighted by Crippen LogP contribution is 2.21. The second kappa shape index (κ2) is 6.99. The standard InChI is InChI=1S/C13H17ClN2O3/c1-3-7-16(4-2)13(19)15-11-6-5-9(14)8-10(11)12(17)18/h5-6,8H,3-4,7H2,1-2H3,(H,15,19)(H,17,18). The summed E-state index contributed by atoms with van der Waals surface area (Å²) in [5.41, 5.74) is 0.227. The van der Waals surface area contributed by atoms with Gasteiger partial charge in [0.15, 0.2) is 0 Å². The molecule has 0 aliphatic carbocycles. The van der Waals surface area contributed by atoms with Gasteiger partial charge in [0.2, 0.25) is 0 Å². The van der Waals surface area contributed by atoms with Gasteiger partial charge < -0.3 is 15.3 Å². The van der Waals surface area contributed by atoms with Crippen molar-refractivity contribution in [2.75, 3.05) is 18.4 Å². The lowest BCUT2D eigenvalue weighted by Crippen LogP contribution is -2.35. The van der Waals surface area contributed by atoms with Crippen molar-refractivity contribution < 1.29 is 14.7 Å². The molecule has 2 amide bonds. The summed E-state index contributed by atoms with van der Waals surface area (Å²) in [6, 6.07) is 4.04. The van der Waals surface area contributed by atoms with E-state index in [9.17, 15) is 9.59 Å². The molecule has 0 radical (unpaired) electrons. The lowest BCUT2D eigenvalue weighted by molar-refractivity contribution is 0.0698. The SMILES string of the molecule is CCCN(CC)C(=O)Nc1ccc(Cl)cc1C(=O)O. The van der Waals surface area contributed by atoms with E-state index < -0.39 is 5.97 Å². The Bertz CT molecular complexity index is 477. The number of urea groups is 1. The van der Waals surface area contributed by atoms with Gasteiger partial charge in [-0.05, 0) is 31.5 Å². The monoisotopic (exact) mass is 284 g/mol. The number of carboxylic acids is 1. The minimum absolute atomic E-state index is 0.0200. The lowest BCUT2D eigenvalue weighted by atomic mass is 10.2. The highest BCUT2D eigenvalue weighted by molar-refractivity contribution is 6.31. The number of carbonyl (C=O) groups is 2. The number of hydrogen-bond donors (Lipinski definition) is 2. The Balaban J connectivity index is 2.92. The fourth-order valence-corrected chi connectivity index (χ4v) is 1.84. The van der Waals surface area contributed by atoms with Crippen molar-refractivity contribution in [2.24, 2.45) is 0 Å².